The Kier molecular flexibility index (Phi) is 9.44. The molecule has 1 spiro atoms. The van der Waals surface area contributed by atoms with E-state index < -0.39 is 5.79 Å². The van der Waals surface area contributed by atoms with E-state index in [1.165, 1.54) is 50.5 Å². The molecule has 3 fully saturated rings. The van der Waals surface area contributed by atoms with E-state index in [0.29, 0.717) is 32.3 Å². The first kappa shape index (κ1) is 25.7. The predicted octanol–water partition coefficient (Wildman–Crippen LogP) is 6.25. The van der Waals surface area contributed by atoms with Crippen molar-refractivity contribution in [2.45, 2.75) is 114 Å². The highest BCUT2D eigenvalue weighted by molar-refractivity contribution is 5.51. The fraction of sp³-hybridized carbons (Fsp3) is 0.759. The summed E-state index contributed by atoms with van der Waals surface area (Å²) in [6, 6.07) is 10.5. The zero-order valence-electron chi connectivity index (χ0n) is 21.2. The van der Waals surface area contributed by atoms with Crippen LogP contribution in [0.3, 0.4) is 0 Å². The fourth-order valence-electron chi connectivity index (χ4n) is 6.79. The van der Waals surface area contributed by atoms with E-state index in [1.807, 2.05) is 18.2 Å². The van der Waals surface area contributed by atoms with Gasteiger partial charge in [-0.1, -0.05) is 69.4 Å². The molecule has 34 heavy (non-hydrogen) atoms. The third-order valence-electron chi connectivity index (χ3n) is 8.62. The number of likely N-dealkylation sites (tertiary alicyclic amines) is 1. The van der Waals surface area contributed by atoms with Gasteiger partial charge in [-0.25, -0.2) is 0 Å². The molecule has 2 heterocycles. The van der Waals surface area contributed by atoms with Gasteiger partial charge in [0.05, 0.1) is 32.5 Å². The van der Waals surface area contributed by atoms with Crippen molar-refractivity contribution in [2.75, 3.05) is 19.8 Å². The second-order valence-corrected chi connectivity index (χ2v) is 10.7. The largest absolute Gasteiger partial charge is 0.375 e. The molecular weight excluding hydrogens is 426 g/mol. The van der Waals surface area contributed by atoms with Gasteiger partial charge in [-0.3, -0.25) is 4.79 Å². The summed E-state index contributed by atoms with van der Waals surface area (Å²) in [6.45, 7) is 4.91. The van der Waals surface area contributed by atoms with E-state index in [9.17, 15) is 4.79 Å². The van der Waals surface area contributed by atoms with Gasteiger partial charge in [0, 0.05) is 18.4 Å². The Balaban J connectivity index is 1.36. The molecular formula is C29H45NO4. The Morgan fingerprint density at radius 3 is 2.62 bits per heavy atom. The minimum Gasteiger partial charge on any atom is -0.375 e. The molecule has 0 aromatic heterocycles. The number of ether oxygens (including phenoxy) is 3. The van der Waals surface area contributed by atoms with Crippen LogP contribution in [0.15, 0.2) is 30.3 Å². The summed E-state index contributed by atoms with van der Waals surface area (Å²) in [7, 11) is 0. The molecule has 1 amide bonds. The zero-order valence-corrected chi connectivity index (χ0v) is 21.2. The van der Waals surface area contributed by atoms with Crippen molar-refractivity contribution < 1.29 is 19.0 Å². The first-order valence-electron chi connectivity index (χ1n) is 13.8. The molecule has 1 saturated carbocycles. The summed E-state index contributed by atoms with van der Waals surface area (Å²) in [6.07, 6.45) is 16.1. The summed E-state index contributed by atoms with van der Waals surface area (Å²) < 4.78 is 18.5. The molecule has 2 saturated heterocycles. The first-order chi connectivity index (χ1) is 16.7. The molecule has 3 aliphatic rings. The lowest BCUT2D eigenvalue weighted by molar-refractivity contribution is -0.173. The molecule has 5 nitrogen and oxygen atoms in total. The standard InChI is InChI=1S/C29H45NO4/c1-2-3-4-9-17-29(33-20-21-34-29)19-14-26-13-8-10-16-28(26)18-15-27(30(28)24-31)23-32-22-25-11-6-5-7-12-25/h5-7,11-12,24,26-27H,2-4,8-10,13-23H2,1H3/t26-,27+,28+/m0/s1. The van der Waals surface area contributed by atoms with Crippen LogP contribution < -0.4 is 0 Å². The summed E-state index contributed by atoms with van der Waals surface area (Å²) in [5.41, 5.74) is 1.17. The van der Waals surface area contributed by atoms with Gasteiger partial charge >= 0.3 is 0 Å². The van der Waals surface area contributed by atoms with Crippen LogP contribution in [0.25, 0.3) is 0 Å². The van der Waals surface area contributed by atoms with Gasteiger partial charge in [0.25, 0.3) is 0 Å². The fourth-order valence-corrected chi connectivity index (χ4v) is 6.79. The maximum Gasteiger partial charge on any atom is 0.210 e. The molecule has 1 aromatic rings. The highest BCUT2D eigenvalue weighted by Crippen LogP contribution is 2.50. The average molecular weight is 472 g/mol. The summed E-state index contributed by atoms with van der Waals surface area (Å²) in [5.74, 6) is 0.126. The van der Waals surface area contributed by atoms with E-state index in [2.05, 4.69) is 24.0 Å². The molecule has 0 N–H and O–H groups in total. The van der Waals surface area contributed by atoms with Crippen LogP contribution in [0.1, 0.15) is 96.0 Å². The van der Waals surface area contributed by atoms with Crippen molar-refractivity contribution in [3.63, 3.8) is 0 Å². The maximum atomic E-state index is 12.4. The Bertz CT molecular complexity index is 735. The normalized spacial score (nSPS) is 28.6. The predicted molar refractivity (Wildman–Crippen MR) is 134 cm³/mol. The zero-order chi connectivity index (χ0) is 23.7. The minimum atomic E-state index is -0.394. The third kappa shape index (κ3) is 6.03. The molecule has 3 atom stereocenters. The number of carbonyl (C=O) groups is 1. The lowest BCUT2D eigenvalue weighted by Crippen LogP contribution is -2.54. The minimum absolute atomic E-state index is 0.0111. The van der Waals surface area contributed by atoms with E-state index in [4.69, 9.17) is 14.2 Å². The SMILES string of the molecule is CCCCCCC1(CC[C@@H]2CCCC[C@@]23CC[C@H](COCc2ccccc2)N3C=O)OCCO1. The number of hydrogen-bond donors (Lipinski definition) is 0. The number of unbranched alkanes of at least 4 members (excludes halogenated alkanes) is 3. The summed E-state index contributed by atoms with van der Waals surface area (Å²) in [4.78, 5) is 14.6. The lowest BCUT2D eigenvalue weighted by Gasteiger charge is -2.48. The van der Waals surface area contributed by atoms with Crippen LogP contribution in [0, 0.1) is 5.92 Å². The topological polar surface area (TPSA) is 48.0 Å². The van der Waals surface area contributed by atoms with E-state index in [0.717, 1.165) is 44.9 Å². The quantitative estimate of drug-likeness (QED) is 0.252. The first-order valence-corrected chi connectivity index (χ1v) is 13.8. The van der Waals surface area contributed by atoms with Crippen LogP contribution in [-0.2, 0) is 25.6 Å². The van der Waals surface area contributed by atoms with Crippen molar-refractivity contribution in [3.05, 3.63) is 35.9 Å². The van der Waals surface area contributed by atoms with Gasteiger partial charge in [0.2, 0.25) is 6.41 Å². The van der Waals surface area contributed by atoms with E-state index >= 15 is 0 Å². The molecule has 0 bridgehead atoms. The lowest BCUT2D eigenvalue weighted by atomic mass is 9.69. The van der Waals surface area contributed by atoms with Crippen LogP contribution >= 0.6 is 0 Å². The second-order valence-electron chi connectivity index (χ2n) is 10.7. The molecule has 1 aliphatic carbocycles. The van der Waals surface area contributed by atoms with E-state index in [-0.39, 0.29) is 11.6 Å². The number of benzene rings is 1. The van der Waals surface area contributed by atoms with Crippen LogP contribution in [0.2, 0.25) is 0 Å². The summed E-state index contributed by atoms with van der Waals surface area (Å²) >= 11 is 0. The number of carbonyl (C=O) groups excluding carboxylic acids is 1. The van der Waals surface area contributed by atoms with Crippen molar-refractivity contribution in [3.8, 4) is 0 Å². The van der Waals surface area contributed by atoms with Crippen LogP contribution in [0.4, 0.5) is 0 Å². The van der Waals surface area contributed by atoms with E-state index in [1.54, 1.807) is 0 Å². The van der Waals surface area contributed by atoms with Crippen molar-refractivity contribution in [2.24, 2.45) is 5.92 Å². The van der Waals surface area contributed by atoms with Gasteiger partial charge in [0.1, 0.15) is 0 Å². The monoisotopic (exact) mass is 471 g/mol. The molecule has 190 valence electrons. The van der Waals surface area contributed by atoms with Gasteiger partial charge in [0.15, 0.2) is 5.79 Å². The number of rotatable bonds is 13. The summed E-state index contributed by atoms with van der Waals surface area (Å²) in [5, 5.41) is 0. The van der Waals surface area contributed by atoms with Crippen molar-refractivity contribution in [1.82, 2.24) is 4.90 Å². The third-order valence-corrected chi connectivity index (χ3v) is 8.62. The Hall–Kier alpha value is -1.43. The Labute approximate surface area is 206 Å². The smallest absolute Gasteiger partial charge is 0.210 e. The van der Waals surface area contributed by atoms with Gasteiger partial charge in [-0.05, 0) is 50.0 Å². The Morgan fingerprint density at radius 1 is 1.03 bits per heavy atom. The maximum absolute atomic E-state index is 12.4. The highest BCUT2D eigenvalue weighted by atomic mass is 16.7. The molecule has 0 unspecified atom stereocenters. The van der Waals surface area contributed by atoms with Crippen LogP contribution in [0.5, 0.6) is 0 Å². The second kappa shape index (κ2) is 12.5. The molecule has 1 aromatic carbocycles. The van der Waals surface area contributed by atoms with Crippen LogP contribution in [-0.4, -0.2) is 48.5 Å². The van der Waals surface area contributed by atoms with Gasteiger partial charge in [-0.2, -0.15) is 0 Å². The van der Waals surface area contributed by atoms with Gasteiger partial charge in [-0.15, -0.1) is 0 Å². The average Bonchev–Trinajstić information content (AvgIpc) is 3.48. The Morgan fingerprint density at radius 2 is 1.85 bits per heavy atom. The molecule has 0 radical (unpaired) electrons. The molecule has 5 heteroatoms. The van der Waals surface area contributed by atoms with Gasteiger partial charge < -0.3 is 19.1 Å². The number of nitrogens with zero attached hydrogens (tertiary/aromatic N) is 1. The molecule has 4 rings (SSSR count). The van der Waals surface area contributed by atoms with Crippen molar-refractivity contribution >= 4 is 6.41 Å². The highest BCUT2D eigenvalue weighted by Gasteiger charge is 2.52. The van der Waals surface area contributed by atoms with Crippen molar-refractivity contribution in [1.29, 1.82) is 0 Å². The molecule has 2 aliphatic heterocycles. The number of hydrogen-bond acceptors (Lipinski definition) is 4. The number of amides is 1.